The molecule has 1 aliphatic carbocycles. The van der Waals surface area contributed by atoms with E-state index in [1.165, 1.54) is 193 Å². The van der Waals surface area contributed by atoms with E-state index in [9.17, 15) is 14.7 Å². The summed E-state index contributed by atoms with van der Waals surface area (Å²) in [6.07, 6.45) is 47.1. The standard InChI is InChI=1S/C55H110N4O3/c1-5-9-13-17-19-27-37-51(35-25-15-11-7-3)49-56-54(61)41-31-23-33-43-58(45-46-59(47-48-60)53-39-29-21-22-30-40-53)44-34-24-32-42-55(62)57-50-52(36-26-16-12-8-4)38-28-20-18-14-10-6-2/h51-53,60H,5-50H2,1-4H3,(H,56,61)(H,57,62). The monoisotopic (exact) mass is 875 g/mol. The fraction of sp³-hybridized carbons (Fsp3) is 0.964. The van der Waals surface area contributed by atoms with Gasteiger partial charge in [-0.1, -0.05) is 195 Å². The van der Waals surface area contributed by atoms with Gasteiger partial charge in [-0.2, -0.15) is 0 Å². The molecule has 3 N–H and O–H groups in total. The normalized spacial score (nSPS) is 14.7. The molecule has 7 heteroatoms. The second-order valence-corrected chi connectivity index (χ2v) is 20.0. The Bertz CT molecular complexity index is 899. The molecule has 0 radical (unpaired) electrons. The lowest BCUT2D eigenvalue weighted by atomic mass is 9.94. The number of carbonyl (C=O) groups excluding carboxylic acids is 2. The molecule has 0 aromatic carbocycles. The van der Waals surface area contributed by atoms with E-state index in [2.05, 4.69) is 48.1 Å². The third-order valence-corrected chi connectivity index (χ3v) is 14.2. The van der Waals surface area contributed by atoms with Crippen LogP contribution in [0.25, 0.3) is 0 Å². The summed E-state index contributed by atoms with van der Waals surface area (Å²) in [7, 11) is 0. The van der Waals surface area contributed by atoms with Crippen LogP contribution in [0.2, 0.25) is 0 Å². The summed E-state index contributed by atoms with van der Waals surface area (Å²) in [6, 6.07) is 0.604. The van der Waals surface area contributed by atoms with Crippen LogP contribution in [0.15, 0.2) is 0 Å². The number of rotatable bonds is 46. The summed E-state index contributed by atoms with van der Waals surface area (Å²) in [6.45, 7) is 16.1. The van der Waals surface area contributed by atoms with Crippen LogP contribution < -0.4 is 10.6 Å². The summed E-state index contributed by atoms with van der Waals surface area (Å²) in [5, 5.41) is 16.7. The molecule has 0 bridgehead atoms. The van der Waals surface area contributed by atoms with E-state index < -0.39 is 0 Å². The number of hydrogen-bond acceptors (Lipinski definition) is 5. The highest BCUT2D eigenvalue weighted by Crippen LogP contribution is 2.23. The maximum absolute atomic E-state index is 13.0. The van der Waals surface area contributed by atoms with Gasteiger partial charge in [0.1, 0.15) is 0 Å². The van der Waals surface area contributed by atoms with Crippen molar-refractivity contribution in [3.8, 4) is 0 Å². The number of nitrogens with zero attached hydrogens (tertiary/aromatic N) is 2. The highest BCUT2D eigenvalue weighted by Gasteiger charge is 2.21. The number of aliphatic hydroxyl groups excluding tert-OH is 1. The highest BCUT2D eigenvalue weighted by molar-refractivity contribution is 5.76. The van der Waals surface area contributed by atoms with Gasteiger partial charge in [0.25, 0.3) is 0 Å². The van der Waals surface area contributed by atoms with Crippen LogP contribution in [0.4, 0.5) is 0 Å². The summed E-state index contributed by atoms with van der Waals surface area (Å²) in [5.74, 6) is 1.75. The quantitative estimate of drug-likeness (QED) is 0.0419. The molecule has 2 unspecified atom stereocenters. The number of aliphatic hydroxyl groups is 1. The number of hydrogen-bond donors (Lipinski definition) is 3. The van der Waals surface area contributed by atoms with Crippen molar-refractivity contribution in [1.82, 2.24) is 20.4 Å². The van der Waals surface area contributed by atoms with Crippen LogP contribution >= 0.6 is 0 Å². The Morgan fingerprint density at radius 1 is 0.452 bits per heavy atom. The Morgan fingerprint density at radius 3 is 1.23 bits per heavy atom. The third kappa shape index (κ3) is 36.1. The van der Waals surface area contributed by atoms with Crippen LogP contribution in [-0.4, -0.2) is 85.2 Å². The lowest BCUT2D eigenvalue weighted by Gasteiger charge is -2.33. The van der Waals surface area contributed by atoms with Gasteiger partial charge < -0.3 is 20.6 Å². The molecule has 0 aromatic heterocycles. The van der Waals surface area contributed by atoms with Crippen molar-refractivity contribution in [3.05, 3.63) is 0 Å². The Kier molecular flexibility index (Phi) is 42.7. The summed E-state index contributed by atoms with van der Waals surface area (Å²) < 4.78 is 0. The smallest absolute Gasteiger partial charge is 0.220 e. The molecule has 0 spiro atoms. The van der Waals surface area contributed by atoms with Gasteiger partial charge in [0, 0.05) is 51.6 Å². The van der Waals surface area contributed by atoms with Crippen molar-refractivity contribution >= 4 is 11.8 Å². The second-order valence-electron chi connectivity index (χ2n) is 20.0. The van der Waals surface area contributed by atoms with Gasteiger partial charge in [-0.05, 0) is 89.1 Å². The van der Waals surface area contributed by atoms with E-state index in [0.29, 0.717) is 30.7 Å². The Hall–Kier alpha value is -1.18. The molecule has 1 aliphatic rings. The zero-order valence-corrected chi connectivity index (χ0v) is 42.4. The first kappa shape index (κ1) is 58.8. The molecule has 368 valence electrons. The third-order valence-electron chi connectivity index (χ3n) is 14.2. The number of unbranched alkanes of at least 4 members (excludes halogenated alkanes) is 20. The van der Waals surface area contributed by atoms with E-state index in [1.807, 2.05) is 0 Å². The van der Waals surface area contributed by atoms with Crippen molar-refractivity contribution in [2.24, 2.45) is 11.8 Å². The van der Waals surface area contributed by atoms with Gasteiger partial charge in [0.05, 0.1) is 6.61 Å². The molecule has 0 aromatic rings. The minimum Gasteiger partial charge on any atom is -0.395 e. The van der Waals surface area contributed by atoms with Crippen molar-refractivity contribution in [1.29, 1.82) is 0 Å². The maximum atomic E-state index is 13.0. The van der Waals surface area contributed by atoms with Gasteiger partial charge in [0.15, 0.2) is 0 Å². The maximum Gasteiger partial charge on any atom is 0.220 e. The summed E-state index contributed by atoms with van der Waals surface area (Å²) >= 11 is 0. The Morgan fingerprint density at radius 2 is 0.823 bits per heavy atom. The van der Waals surface area contributed by atoms with E-state index in [0.717, 1.165) is 84.3 Å². The molecular weight excluding hydrogens is 765 g/mol. The topological polar surface area (TPSA) is 84.9 Å². The molecule has 2 atom stereocenters. The van der Waals surface area contributed by atoms with Crippen LogP contribution in [-0.2, 0) is 9.59 Å². The van der Waals surface area contributed by atoms with Crippen molar-refractivity contribution in [2.75, 3.05) is 52.4 Å². The Labute approximate surface area is 387 Å². The molecule has 0 aliphatic heterocycles. The Balaban J connectivity index is 2.58. The zero-order valence-electron chi connectivity index (χ0n) is 42.4. The first-order chi connectivity index (χ1) is 30.5. The van der Waals surface area contributed by atoms with Crippen molar-refractivity contribution < 1.29 is 14.7 Å². The van der Waals surface area contributed by atoms with E-state index in [-0.39, 0.29) is 18.4 Å². The van der Waals surface area contributed by atoms with E-state index in [4.69, 9.17) is 0 Å². The minimum absolute atomic E-state index is 0.234. The average molecular weight is 876 g/mol. The van der Waals surface area contributed by atoms with Gasteiger partial charge in [-0.25, -0.2) is 0 Å². The summed E-state index contributed by atoms with van der Waals surface area (Å²) in [5.41, 5.74) is 0. The molecule has 1 rings (SSSR count). The van der Waals surface area contributed by atoms with Crippen LogP contribution in [0.3, 0.4) is 0 Å². The average Bonchev–Trinajstić information content (AvgIpc) is 3.57. The van der Waals surface area contributed by atoms with Crippen LogP contribution in [0.5, 0.6) is 0 Å². The second kappa shape index (κ2) is 45.0. The fourth-order valence-electron chi connectivity index (χ4n) is 9.97. The molecule has 0 saturated heterocycles. The molecule has 1 fully saturated rings. The fourth-order valence-corrected chi connectivity index (χ4v) is 9.97. The number of nitrogens with one attached hydrogen (secondary N) is 2. The summed E-state index contributed by atoms with van der Waals surface area (Å²) in [4.78, 5) is 31.2. The van der Waals surface area contributed by atoms with Gasteiger partial charge in [0.2, 0.25) is 11.8 Å². The lowest BCUT2D eigenvalue weighted by molar-refractivity contribution is -0.122. The first-order valence-electron chi connectivity index (χ1n) is 28.1. The highest BCUT2D eigenvalue weighted by atomic mass is 16.3. The lowest BCUT2D eigenvalue weighted by Crippen LogP contribution is -2.43. The molecule has 1 saturated carbocycles. The van der Waals surface area contributed by atoms with E-state index >= 15 is 0 Å². The largest absolute Gasteiger partial charge is 0.395 e. The minimum atomic E-state index is 0.234. The molecule has 0 heterocycles. The first-order valence-corrected chi connectivity index (χ1v) is 28.1. The van der Waals surface area contributed by atoms with Gasteiger partial charge >= 0.3 is 0 Å². The van der Waals surface area contributed by atoms with Crippen molar-refractivity contribution in [2.45, 2.75) is 278 Å². The zero-order chi connectivity index (χ0) is 45.0. The molecule has 2 amide bonds. The van der Waals surface area contributed by atoms with Crippen molar-refractivity contribution in [3.63, 3.8) is 0 Å². The van der Waals surface area contributed by atoms with E-state index in [1.54, 1.807) is 0 Å². The van der Waals surface area contributed by atoms with Crippen LogP contribution in [0.1, 0.15) is 272 Å². The molecule has 7 nitrogen and oxygen atoms in total. The molecular formula is C55H110N4O3. The SMILES string of the molecule is CCCCCCCCC(CCCCCC)CNC(=O)CCCCCN(CCCCCC(=O)NCC(CCCCCC)CCCCCCCC)CCN(CCO)C1CCCCCC1. The number of amides is 2. The predicted molar refractivity (Wildman–Crippen MR) is 270 cm³/mol. The van der Waals surface area contributed by atoms with Gasteiger partial charge in [-0.3, -0.25) is 14.5 Å². The van der Waals surface area contributed by atoms with Gasteiger partial charge in [-0.15, -0.1) is 0 Å². The molecule has 62 heavy (non-hydrogen) atoms. The predicted octanol–water partition coefficient (Wildman–Crippen LogP) is 14.3. The number of carbonyl (C=O) groups is 2. The van der Waals surface area contributed by atoms with Crippen LogP contribution in [0, 0.1) is 11.8 Å².